The van der Waals surface area contributed by atoms with E-state index in [0.717, 1.165) is 46.5 Å². The molecular formula is C49H80N4O22. The van der Waals surface area contributed by atoms with Gasteiger partial charge in [0.1, 0.15) is 103 Å². The number of aliphatic hydroxyl groups is 9. The van der Waals surface area contributed by atoms with E-state index in [1.165, 1.54) is 51.3 Å². The number of hydrogen-bond acceptors (Lipinski definition) is 22. The molecule has 1 aromatic rings. The molecule has 0 spiro atoms. The van der Waals surface area contributed by atoms with Gasteiger partial charge in [-0.05, 0) is 24.6 Å². The highest BCUT2D eigenvalue weighted by molar-refractivity contribution is 5.94. The number of rotatable bonds is 27. The first-order chi connectivity index (χ1) is 35.9. The molecule has 1 aromatic carbocycles. The summed E-state index contributed by atoms with van der Waals surface area (Å²) >= 11 is 0. The molecule has 4 amide bonds. The van der Waals surface area contributed by atoms with Crippen LogP contribution in [0.3, 0.4) is 0 Å². The highest BCUT2D eigenvalue weighted by Crippen LogP contribution is 2.35. The Morgan fingerprint density at radius 3 is 1.45 bits per heavy atom. The largest absolute Gasteiger partial charge is 0.494 e. The number of amides is 4. The molecule has 0 saturated carbocycles. The molecule has 4 fully saturated rings. The van der Waals surface area contributed by atoms with E-state index in [4.69, 9.17) is 42.6 Å². The summed E-state index contributed by atoms with van der Waals surface area (Å²) in [5.74, 6) is -2.45. The van der Waals surface area contributed by atoms with Crippen LogP contribution in [-0.2, 0) is 52.3 Å². The van der Waals surface area contributed by atoms with Crippen molar-refractivity contribution in [3.05, 3.63) is 29.8 Å². The maximum absolute atomic E-state index is 13.8. The number of carbonyl (C=O) groups is 4. The fourth-order valence-corrected chi connectivity index (χ4v) is 9.65. The third kappa shape index (κ3) is 16.9. The zero-order chi connectivity index (χ0) is 54.9. The second-order valence-electron chi connectivity index (χ2n) is 19.3. The van der Waals surface area contributed by atoms with E-state index in [9.17, 15) is 65.1 Å². The van der Waals surface area contributed by atoms with E-state index in [1.807, 2.05) is 0 Å². The van der Waals surface area contributed by atoms with Gasteiger partial charge in [0.25, 0.3) is 5.91 Å². The third-order valence-electron chi connectivity index (χ3n) is 13.5. The van der Waals surface area contributed by atoms with Crippen LogP contribution >= 0.6 is 0 Å². The lowest BCUT2D eigenvalue weighted by Gasteiger charge is -2.51. The van der Waals surface area contributed by atoms with Crippen molar-refractivity contribution in [2.24, 2.45) is 0 Å². The van der Waals surface area contributed by atoms with Gasteiger partial charge in [0.2, 0.25) is 17.7 Å². The second kappa shape index (κ2) is 30.4. The average Bonchev–Trinajstić information content (AvgIpc) is 3.37. The van der Waals surface area contributed by atoms with Gasteiger partial charge in [-0.1, -0.05) is 64.4 Å². The standard InChI is InChI=1S/C49H80N4O22/c1-6-7-8-9-10-11-12-13-14-18-68-28-17-15-16-27(19-28)45(65)53-34-38(61)37(60)29(20-54)70-47(34)73-42-30(21-55)71-48(35(40(42)63)51-25(3)58)74-43-31(22-56)72-49(36(41(43)64)52-26(4)59)75-44-32(23-67-5)69-46(66)33(39(44)62)50-24(2)57/h15-17,19,29-44,46-49,54-56,60-64,66H,6-14,18,20-23H2,1-5H3,(H,50,57)(H,51,58)(H,52,59)(H,53,65). The van der Waals surface area contributed by atoms with Gasteiger partial charge in [-0.15, -0.1) is 0 Å². The molecule has 4 aliphatic rings. The summed E-state index contributed by atoms with van der Waals surface area (Å²) < 4.78 is 53.2. The Labute approximate surface area is 435 Å². The van der Waals surface area contributed by atoms with Gasteiger partial charge in [0.15, 0.2) is 25.2 Å². The van der Waals surface area contributed by atoms with Gasteiger partial charge >= 0.3 is 0 Å². The van der Waals surface area contributed by atoms with Crippen molar-refractivity contribution in [1.29, 1.82) is 0 Å². The molecule has 4 aliphatic heterocycles. The molecule has 26 heteroatoms. The molecular weight excluding hydrogens is 997 g/mol. The Hall–Kier alpha value is -3.78. The highest BCUT2D eigenvalue weighted by Gasteiger charge is 2.56. The van der Waals surface area contributed by atoms with Crippen LogP contribution < -0.4 is 26.0 Å². The Balaban J connectivity index is 1.32. The van der Waals surface area contributed by atoms with Crippen LogP contribution in [0.5, 0.6) is 5.75 Å². The minimum absolute atomic E-state index is 0.101. The first-order valence-electron chi connectivity index (χ1n) is 25.7. The monoisotopic (exact) mass is 1080 g/mol. The maximum Gasteiger partial charge on any atom is 0.251 e. The molecule has 0 aromatic heterocycles. The van der Waals surface area contributed by atoms with Gasteiger partial charge in [-0.2, -0.15) is 0 Å². The molecule has 0 radical (unpaired) electrons. The molecule has 13 N–H and O–H groups in total. The van der Waals surface area contributed by atoms with Crippen LogP contribution in [0.25, 0.3) is 0 Å². The topological polar surface area (TPSA) is 382 Å². The van der Waals surface area contributed by atoms with Crippen LogP contribution in [0.2, 0.25) is 0 Å². The summed E-state index contributed by atoms with van der Waals surface area (Å²) in [5.41, 5.74) is 0.101. The molecule has 4 saturated heterocycles. The first-order valence-corrected chi connectivity index (χ1v) is 25.7. The number of nitrogens with one attached hydrogen (secondary N) is 4. The fraction of sp³-hybridized carbons (Fsp3) is 0.796. The van der Waals surface area contributed by atoms with Crippen molar-refractivity contribution in [3.8, 4) is 5.75 Å². The Kier molecular flexibility index (Phi) is 25.1. The molecule has 75 heavy (non-hydrogen) atoms. The van der Waals surface area contributed by atoms with E-state index in [0.29, 0.717) is 12.4 Å². The summed E-state index contributed by atoms with van der Waals surface area (Å²) in [7, 11) is 1.30. The van der Waals surface area contributed by atoms with Crippen LogP contribution in [-0.4, -0.2) is 232 Å². The van der Waals surface area contributed by atoms with Crippen molar-refractivity contribution >= 4 is 23.6 Å². The minimum atomic E-state index is -1.92. The maximum atomic E-state index is 13.8. The van der Waals surface area contributed by atoms with Crippen molar-refractivity contribution in [3.63, 3.8) is 0 Å². The molecule has 26 nitrogen and oxygen atoms in total. The smallest absolute Gasteiger partial charge is 0.251 e. The lowest BCUT2D eigenvalue weighted by Crippen LogP contribution is -2.71. The van der Waals surface area contributed by atoms with Gasteiger partial charge in [-0.3, -0.25) is 19.2 Å². The molecule has 428 valence electrons. The predicted octanol–water partition coefficient (Wildman–Crippen LogP) is -3.32. The van der Waals surface area contributed by atoms with Crippen LogP contribution in [0.15, 0.2) is 24.3 Å². The van der Waals surface area contributed by atoms with Gasteiger partial charge in [0.05, 0.1) is 33.0 Å². The fourth-order valence-electron chi connectivity index (χ4n) is 9.65. The average molecular weight is 1080 g/mol. The zero-order valence-corrected chi connectivity index (χ0v) is 43.1. The summed E-state index contributed by atoms with van der Waals surface area (Å²) in [5, 5.41) is 110. The summed E-state index contributed by atoms with van der Waals surface area (Å²) in [6.07, 6.45) is -16.7. The van der Waals surface area contributed by atoms with Gasteiger partial charge in [0, 0.05) is 33.4 Å². The van der Waals surface area contributed by atoms with Crippen LogP contribution in [0.4, 0.5) is 0 Å². The number of aliphatic hydroxyl groups excluding tert-OH is 9. The number of carbonyl (C=O) groups excluding carboxylic acids is 4. The molecule has 0 bridgehead atoms. The third-order valence-corrected chi connectivity index (χ3v) is 13.5. The Morgan fingerprint density at radius 1 is 0.533 bits per heavy atom. The van der Waals surface area contributed by atoms with Crippen LogP contribution in [0, 0.1) is 0 Å². The number of benzene rings is 1. The van der Waals surface area contributed by atoms with E-state index in [-0.39, 0.29) is 12.2 Å². The van der Waals surface area contributed by atoms with Crippen molar-refractivity contribution < 1.29 is 108 Å². The van der Waals surface area contributed by atoms with Crippen molar-refractivity contribution in [2.45, 2.75) is 208 Å². The normalized spacial score (nSPS) is 36.0. The number of hydrogen-bond donors (Lipinski definition) is 13. The van der Waals surface area contributed by atoms with E-state index >= 15 is 0 Å². The van der Waals surface area contributed by atoms with Gasteiger partial charge < -0.3 is 110 Å². The Bertz CT molecular complexity index is 1930. The van der Waals surface area contributed by atoms with Crippen molar-refractivity contribution in [2.75, 3.05) is 40.1 Å². The SMILES string of the molecule is CCCCCCCCCCCOc1cccc(C(=O)NC2C(OC3C(CO)OC(OC4C(CO)OC(OC5C(COC)OC(O)C(NC(C)=O)C5O)C(NC(C)=O)C4O)C(NC(C)=O)C3O)OC(CO)C(O)C2O)c1. The lowest BCUT2D eigenvalue weighted by atomic mass is 9.93. The second-order valence-corrected chi connectivity index (χ2v) is 19.3. The van der Waals surface area contributed by atoms with Crippen LogP contribution in [0.1, 0.15) is 95.8 Å². The molecule has 20 atom stereocenters. The minimum Gasteiger partial charge on any atom is -0.494 e. The lowest BCUT2D eigenvalue weighted by molar-refractivity contribution is -0.362. The van der Waals surface area contributed by atoms with Crippen molar-refractivity contribution in [1.82, 2.24) is 21.3 Å². The zero-order valence-electron chi connectivity index (χ0n) is 43.1. The summed E-state index contributed by atoms with van der Waals surface area (Å²) in [6, 6.07) is 0.0226. The van der Waals surface area contributed by atoms with Gasteiger partial charge in [-0.25, -0.2) is 0 Å². The quantitative estimate of drug-likeness (QED) is 0.0384. The number of methoxy groups -OCH3 is 1. The van der Waals surface area contributed by atoms with E-state index < -0.39 is 166 Å². The summed E-state index contributed by atoms with van der Waals surface area (Å²) in [4.78, 5) is 51.1. The molecule has 0 aliphatic carbocycles. The number of unbranched alkanes of at least 4 members (excludes halogenated alkanes) is 8. The Morgan fingerprint density at radius 2 is 0.973 bits per heavy atom. The highest BCUT2D eigenvalue weighted by atomic mass is 16.8. The van der Waals surface area contributed by atoms with E-state index in [1.54, 1.807) is 12.1 Å². The molecule has 5 rings (SSSR count). The predicted molar refractivity (Wildman–Crippen MR) is 258 cm³/mol. The molecule has 20 unspecified atom stereocenters. The molecule has 4 heterocycles. The summed E-state index contributed by atoms with van der Waals surface area (Å²) in [6.45, 7) is 3.00. The number of ether oxygens (including phenoxy) is 9. The first kappa shape index (κ1) is 62.1. The van der Waals surface area contributed by atoms with E-state index in [2.05, 4.69) is 28.2 Å².